The van der Waals surface area contributed by atoms with Crippen LogP contribution >= 0.6 is 0 Å². The van der Waals surface area contributed by atoms with Crippen molar-refractivity contribution in [3.05, 3.63) is 24.1 Å². The Bertz CT molecular complexity index is 526. The molecule has 2 aliphatic heterocycles. The first-order valence-corrected chi connectivity index (χ1v) is 8.83. The van der Waals surface area contributed by atoms with E-state index in [1.807, 2.05) is 0 Å². The largest absolute Gasteiger partial charge is 0.381 e. The van der Waals surface area contributed by atoms with Gasteiger partial charge in [0.1, 0.15) is 11.6 Å². The number of halogens is 1. The molecule has 132 valence electrons. The number of aromatic nitrogens is 1. The van der Waals surface area contributed by atoms with E-state index < -0.39 is 5.82 Å². The topological polar surface area (TPSA) is 51.7 Å². The fraction of sp³-hybridized carbons (Fsp3) is 0.667. The summed E-state index contributed by atoms with van der Waals surface area (Å²) in [6.07, 6.45) is 6.25. The van der Waals surface area contributed by atoms with Crippen LogP contribution in [-0.4, -0.2) is 43.4 Å². The molecule has 0 radical (unpaired) electrons. The SMILES string of the molecule is O=C(CCC1CCCOC1)N(c1ccc(F)cn1)C1CCOCC1. The van der Waals surface area contributed by atoms with Gasteiger partial charge in [0.05, 0.1) is 6.20 Å². The van der Waals surface area contributed by atoms with Gasteiger partial charge in [-0.2, -0.15) is 0 Å². The summed E-state index contributed by atoms with van der Waals surface area (Å²) in [6.45, 7) is 2.87. The number of amides is 1. The van der Waals surface area contributed by atoms with Crippen LogP contribution in [0.15, 0.2) is 18.3 Å². The lowest BCUT2D eigenvalue weighted by Crippen LogP contribution is -2.44. The summed E-state index contributed by atoms with van der Waals surface area (Å²) in [5.41, 5.74) is 0. The lowest BCUT2D eigenvalue weighted by Gasteiger charge is -2.34. The minimum Gasteiger partial charge on any atom is -0.381 e. The number of pyridine rings is 1. The summed E-state index contributed by atoms with van der Waals surface area (Å²) in [5, 5.41) is 0. The van der Waals surface area contributed by atoms with Crippen molar-refractivity contribution in [3.8, 4) is 0 Å². The molecule has 1 aromatic heterocycles. The van der Waals surface area contributed by atoms with Crippen LogP contribution in [0.3, 0.4) is 0 Å². The molecule has 2 fully saturated rings. The molecule has 3 rings (SSSR count). The second-order valence-electron chi connectivity index (χ2n) is 6.56. The van der Waals surface area contributed by atoms with Gasteiger partial charge in [0, 0.05) is 38.9 Å². The first-order chi connectivity index (χ1) is 11.7. The summed E-state index contributed by atoms with van der Waals surface area (Å²) in [6, 6.07) is 3.02. The van der Waals surface area contributed by atoms with Crippen LogP contribution in [-0.2, 0) is 14.3 Å². The molecule has 2 aliphatic rings. The second kappa shape index (κ2) is 8.53. The number of rotatable bonds is 5. The third kappa shape index (κ3) is 4.51. The van der Waals surface area contributed by atoms with Gasteiger partial charge in [-0.3, -0.25) is 9.69 Å². The monoisotopic (exact) mass is 336 g/mol. The number of ether oxygens (including phenoxy) is 2. The molecule has 1 atom stereocenters. The molecule has 0 aliphatic carbocycles. The molecule has 0 saturated carbocycles. The Balaban J connectivity index is 1.67. The van der Waals surface area contributed by atoms with Gasteiger partial charge < -0.3 is 9.47 Å². The molecule has 6 heteroatoms. The first-order valence-electron chi connectivity index (χ1n) is 8.83. The van der Waals surface area contributed by atoms with Crippen molar-refractivity contribution in [2.24, 2.45) is 5.92 Å². The van der Waals surface area contributed by atoms with Crippen LogP contribution in [0.5, 0.6) is 0 Å². The Hall–Kier alpha value is -1.53. The number of nitrogens with zero attached hydrogens (tertiary/aromatic N) is 2. The molecule has 1 unspecified atom stereocenters. The van der Waals surface area contributed by atoms with Crippen LogP contribution in [0.1, 0.15) is 38.5 Å². The minimum absolute atomic E-state index is 0.0616. The quantitative estimate of drug-likeness (QED) is 0.829. The molecule has 0 N–H and O–H groups in total. The highest BCUT2D eigenvalue weighted by molar-refractivity contribution is 5.93. The molecular formula is C18H25FN2O3. The number of hydrogen-bond acceptors (Lipinski definition) is 4. The zero-order chi connectivity index (χ0) is 16.8. The van der Waals surface area contributed by atoms with Gasteiger partial charge in [-0.15, -0.1) is 0 Å². The molecule has 3 heterocycles. The molecule has 0 aromatic carbocycles. The molecule has 5 nitrogen and oxygen atoms in total. The van der Waals surface area contributed by atoms with Crippen LogP contribution < -0.4 is 4.90 Å². The van der Waals surface area contributed by atoms with Gasteiger partial charge in [0.15, 0.2) is 0 Å². The lowest BCUT2D eigenvalue weighted by atomic mass is 9.96. The third-order valence-electron chi connectivity index (χ3n) is 4.80. The Morgan fingerprint density at radius 3 is 2.71 bits per heavy atom. The standard InChI is InChI=1S/C18H25FN2O3/c19-15-4-5-17(20-12-15)21(16-7-10-23-11-8-16)18(22)6-3-14-2-1-9-24-13-14/h4-5,12,14,16H,1-3,6-11,13H2. The maximum atomic E-state index is 13.2. The molecular weight excluding hydrogens is 311 g/mol. The second-order valence-corrected chi connectivity index (χ2v) is 6.56. The predicted molar refractivity (Wildman–Crippen MR) is 88.3 cm³/mol. The molecule has 0 spiro atoms. The smallest absolute Gasteiger partial charge is 0.228 e. The number of carbonyl (C=O) groups is 1. The van der Waals surface area contributed by atoms with Crippen LogP contribution in [0.2, 0.25) is 0 Å². The van der Waals surface area contributed by atoms with Gasteiger partial charge in [0.25, 0.3) is 0 Å². The van der Waals surface area contributed by atoms with Gasteiger partial charge in [-0.05, 0) is 50.2 Å². The van der Waals surface area contributed by atoms with E-state index in [-0.39, 0.29) is 11.9 Å². The van der Waals surface area contributed by atoms with E-state index in [1.165, 1.54) is 12.3 Å². The fourth-order valence-electron chi connectivity index (χ4n) is 3.46. The van der Waals surface area contributed by atoms with Crippen molar-refractivity contribution >= 4 is 11.7 Å². The summed E-state index contributed by atoms with van der Waals surface area (Å²) in [5.74, 6) is 0.665. The van der Waals surface area contributed by atoms with E-state index in [0.717, 1.165) is 45.3 Å². The third-order valence-corrected chi connectivity index (χ3v) is 4.80. The van der Waals surface area contributed by atoms with Crippen LogP contribution in [0.25, 0.3) is 0 Å². The lowest BCUT2D eigenvalue weighted by molar-refractivity contribution is -0.120. The summed E-state index contributed by atoms with van der Waals surface area (Å²) in [4.78, 5) is 18.8. The zero-order valence-electron chi connectivity index (χ0n) is 14.0. The van der Waals surface area contributed by atoms with Gasteiger partial charge in [-0.1, -0.05) is 0 Å². The molecule has 24 heavy (non-hydrogen) atoms. The fourth-order valence-corrected chi connectivity index (χ4v) is 3.46. The van der Waals surface area contributed by atoms with Gasteiger partial charge in [0.2, 0.25) is 5.91 Å². The van der Waals surface area contributed by atoms with Crippen LogP contribution in [0.4, 0.5) is 10.2 Å². The highest BCUT2D eigenvalue weighted by Gasteiger charge is 2.28. The van der Waals surface area contributed by atoms with Gasteiger partial charge in [-0.25, -0.2) is 9.37 Å². The number of carbonyl (C=O) groups excluding carboxylic acids is 1. The van der Waals surface area contributed by atoms with E-state index in [9.17, 15) is 9.18 Å². The number of hydrogen-bond donors (Lipinski definition) is 0. The van der Waals surface area contributed by atoms with Crippen molar-refractivity contribution in [2.45, 2.75) is 44.6 Å². The average Bonchev–Trinajstić information content (AvgIpc) is 2.64. The van der Waals surface area contributed by atoms with Crippen molar-refractivity contribution in [1.82, 2.24) is 4.98 Å². The molecule has 1 aromatic rings. The molecule has 2 saturated heterocycles. The maximum absolute atomic E-state index is 13.2. The van der Waals surface area contributed by atoms with Crippen molar-refractivity contribution in [2.75, 3.05) is 31.3 Å². The maximum Gasteiger partial charge on any atom is 0.228 e. The Morgan fingerprint density at radius 2 is 2.04 bits per heavy atom. The number of anilines is 1. The van der Waals surface area contributed by atoms with E-state index in [4.69, 9.17) is 9.47 Å². The van der Waals surface area contributed by atoms with Crippen molar-refractivity contribution in [1.29, 1.82) is 0 Å². The summed E-state index contributed by atoms with van der Waals surface area (Å²) >= 11 is 0. The summed E-state index contributed by atoms with van der Waals surface area (Å²) < 4.78 is 24.1. The predicted octanol–water partition coefficient (Wildman–Crippen LogP) is 2.94. The van der Waals surface area contributed by atoms with E-state index in [0.29, 0.717) is 31.4 Å². The van der Waals surface area contributed by atoms with Crippen molar-refractivity contribution < 1.29 is 18.7 Å². The average molecular weight is 336 g/mol. The van der Waals surface area contributed by atoms with E-state index in [2.05, 4.69) is 4.98 Å². The van der Waals surface area contributed by atoms with Gasteiger partial charge >= 0.3 is 0 Å². The first kappa shape index (κ1) is 17.3. The molecule has 0 bridgehead atoms. The van der Waals surface area contributed by atoms with Crippen molar-refractivity contribution in [3.63, 3.8) is 0 Å². The van der Waals surface area contributed by atoms with E-state index in [1.54, 1.807) is 11.0 Å². The zero-order valence-corrected chi connectivity index (χ0v) is 14.0. The molecule has 1 amide bonds. The highest BCUT2D eigenvalue weighted by Crippen LogP contribution is 2.25. The Morgan fingerprint density at radius 1 is 1.21 bits per heavy atom. The summed E-state index contributed by atoms with van der Waals surface area (Å²) in [7, 11) is 0. The minimum atomic E-state index is -0.391. The Labute approximate surface area is 142 Å². The highest BCUT2D eigenvalue weighted by atomic mass is 19.1. The Kier molecular flexibility index (Phi) is 6.15. The van der Waals surface area contributed by atoms with Crippen LogP contribution in [0, 0.1) is 11.7 Å². The normalized spacial score (nSPS) is 22.3. The van der Waals surface area contributed by atoms with E-state index >= 15 is 0 Å².